The molecule has 2 aliphatic heterocycles. The zero-order valence-corrected chi connectivity index (χ0v) is 18.1. The lowest BCUT2D eigenvalue weighted by Gasteiger charge is -2.38. The molecule has 0 spiro atoms. The number of cyclic esters (lactones) is 3. The Bertz CT molecular complexity index is 1490. The first-order valence-corrected chi connectivity index (χ1v) is 10.4. The molecule has 0 bridgehead atoms. The van der Waals surface area contributed by atoms with Gasteiger partial charge in [0.05, 0.1) is 22.3 Å². The molecule has 0 amide bonds. The molecule has 1 N–H and O–H groups in total. The third kappa shape index (κ3) is 3.58. The number of aliphatic hydroxyl groups excluding tert-OH is 1. The second-order valence-electron chi connectivity index (χ2n) is 8.32. The van der Waals surface area contributed by atoms with Crippen LogP contribution in [-0.2, 0) is 21.1 Å². The van der Waals surface area contributed by atoms with Crippen molar-refractivity contribution in [1.29, 1.82) is 0 Å². The molecule has 2 heterocycles. The number of hydrogen-bond donors (Lipinski definition) is 1. The minimum atomic E-state index is -5.35. The molecule has 0 aliphatic carbocycles. The number of ether oxygens (including phenoxy) is 2. The van der Waals surface area contributed by atoms with Gasteiger partial charge in [0.25, 0.3) is 0 Å². The number of carbonyl (C=O) groups excluding carboxylic acids is 3. The highest BCUT2D eigenvalue weighted by molar-refractivity contribution is 6.14. The van der Waals surface area contributed by atoms with Gasteiger partial charge >= 0.3 is 30.3 Å². The Morgan fingerprint density at radius 3 is 1.86 bits per heavy atom. The molecule has 0 saturated heterocycles. The number of carbonyl (C=O) groups is 3. The number of esters is 3. The molecule has 0 fully saturated rings. The molecular weight excluding hydrogens is 510 g/mol. The highest BCUT2D eigenvalue weighted by Gasteiger charge is 2.59. The van der Waals surface area contributed by atoms with Gasteiger partial charge in [-0.1, -0.05) is 36.4 Å². The topological polar surface area (TPSA) is 89.9 Å². The van der Waals surface area contributed by atoms with Crippen LogP contribution in [0, 0.1) is 0 Å². The van der Waals surface area contributed by atoms with E-state index in [1.807, 2.05) is 0 Å². The normalized spacial score (nSPS) is 18.7. The van der Waals surface area contributed by atoms with Gasteiger partial charge in [-0.25, -0.2) is 14.4 Å². The summed E-state index contributed by atoms with van der Waals surface area (Å²) in [6.45, 7) is 0. The van der Waals surface area contributed by atoms with Crippen molar-refractivity contribution in [3.05, 3.63) is 105 Å². The Morgan fingerprint density at radius 2 is 1.22 bits per heavy atom. The Labute approximate surface area is 203 Å². The van der Waals surface area contributed by atoms with Gasteiger partial charge in [0.2, 0.25) is 6.29 Å². The second kappa shape index (κ2) is 7.90. The predicted molar refractivity (Wildman–Crippen MR) is 110 cm³/mol. The van der Waals surface area contributed by atoms with Crippen LogP contribution in [0.25, 0.3) is 0 Å². The van der Waals surface area contributed by atoms with E-state index in [9.17, 15) is 32.7 Å². The highest BCUT2D eigenvalue weighted by Crippen LogP contribution is 2.53. The maximum absolute atomic E-state index is 15.3. The number of rotatable bonds is 3. The average molecular weight is 522 g/mol. The van der Waals surface area contributed by atoms with Crippen LogP contribution < -0.4 is 0 Å². The quantitative estimate of drug-likeness (QED) is 0.224. The lowest BCUT2D eigenvalue weighted by molar-refractivity contribution is -0.167. The van der Waals surface area contributed by atoms with Crippen molar-refractivity contribution in [2.45, 2.75) is 24.1 Å². The zero-order valence-electron chi connectivity index (χ0n) is 18.1. The molecular formula is C25H12F6O6. The first-order chi connectivity index (χ1) is 17.2. The molecule has 0 aromatic heterocycles. The first kappa shape index (κ1) is 24.5. The number of aliphatic hydroxyl groups is 1. The monoisotopic (exact) mass is 522 g/mol. The maximum Gasteiger partial charge on any atom is 0.416 e. The molecule has 12 heteroatoms. The lowest BCUT2D eigenvalue weighted by Crippen LogP contribution is -2.45. The van der Waals surface area contributed by atoms with Gasteiger partial charge < -0.3 is 14.6 Å². The molecule has 190 valence electrons. The van der Waals surface area contributed by atoms with E-state index < -0.39 is 75.3 Å². The van der Waals surface area contributed by atoms with Gasteiger partial charge in [0, 0.05) is 5.56 Å². The van der Waals surface area contributed by atoms with Crippen molar-refractivity contribution < 1.29 is 55.3 Å². The van der Waals surface area contributed by atoms with Gasteiger partial charge in [-0.05, 0) is 41.0 Å². The molecule has 3 aromatic rings. The lowest BCUT2D eigenvalue weighted by atomic mass is 9.67. The van der Waals surface area contributed by atoms with E-state index in [0.29, 0.717) is 12.1 Å². The largest absolute Gasteiger partial charge is 0.428 e. The van der Waals surface area contributed by atoms with E-state index in [-0.39, 0.29) is 11.1 Å². The fourth-order valence-corrected chi connectivity index (χ4v) is 4.65. The van der Waals surface area contributed by atoms with Crippen molar-refractivity contribution in [2.24, 2.45) is 0 Å². The van der Waals surface area contributed by atoms with Gasteiger partial charge in [-0.2, -0.15) is 26.3 Å². The second-order valence-corrected chi connectivity index (χ2v) is 8.32. The summed E-state index contributed by atoms with van der Waals surface area (Å²) in [5.41, 5.74) is -8.37. The van der Waals surface area contributed by atoms with Crippen LogP contribution in [0.1, 0.15) is 65.2 Å². The molecule has 2 unspecified atom stereocenters. The van der Waals surface area contributed by atoms with Crippen molar-refractivity contribution in [3.8, 4) is 0 Å². The maximum atomic E-state index is 15.3. The van der Waals surface area contributed by atoms with Gasteiger partial charge in [-0.3, -0.25) is 0 Å². The third-order valence-corrected chi connectivity index (χ3v) is 6.32. The zero-order chi connectivity index (χ0) is 26.9. The molecule has 37 heavy (non-hydrogen) atoms. The summed E-state index contributed by atoms with van der Waals surface area (Å²) in [6, 6.07) is 7.73. The first-order valence-electron chi connectivity index (χ1n) is 10.4. The standard InChI is InChI=1S/C25H12F6O6/c26-24(27,28)14-3-1-2-11(8-14)23(25(29,30)31,12-4-6-15-17(9-12)21(34)36-19(15)32)13-5-7-16-18(10-13)22(35)37-20(16)33/h1-10,19,32H. The molecule has 0 saturated carbocycles. The summed E-state index contributed by atoms with van der Waals surface area (Å²) in [7, 11) is 0. The van der Waals surface area contributed by atoms with E-state index in [1.165, 1.54) is 0 Å². The van der Waals surface area contributed by atoms with Crippen molar-refractivity contribution in [3.63, 3.8) is 0 Å². The molecule has 2 atom stereocenters. The number of fused-ring (bicyclic) bond motifs is 2. The SMILES string of the molecule is O=C1OC(=O)c2cc(C(c3cccc(C(F)(F)F)c3)(c3ccc4c(c3)C(=O)OC4O)C(F)(F)F)ccc21. The van der Waals surface area contributed by atoms with Crippen LogP contribution in [0.4, 0.5) is 26.3 Å². The fraction of sp³-hybridized carbons (Fsp3) is 0.160. The van der Waals surface area contributed by atoms with Crippen molar-refractivity contribution in [2.75, 3.05) is 0 Å². The number of halogens is 6. The molecule has 0 radical (unpaired) electrons. The summed E-state index contributed by atoms with van der Waals surface area (Å²) in [6.07, 6.45) is -12.1. The van der Waals surface area contributed by atoms with E-state index in [4.69, 9.17) is 0 Å². The Hall–Kier alpha value is -4.19. The Balaban J connectivity index is 1.89. The minimum absolute atomic E-state index is 0.128. The summed E-state index contributed by atoms with van der Waals surface area (Å²) in [4.78, 5) is 36.2. The average Bonchev–Trinajstić information content (AvgIpc) is 3.27. The summed E-state index contributed by atoms with van der Waals surface area (Å²) in [5.74, 6) is -3.44. The number of hydrogen-bond acceptors (Lipinski definition) is 6. The van der Waals surface area contributed by atoms with Crippen LogP contribution in [-0.4, -0.2) is 29.2 Å². The molecule has 3 aromatic carbocycles. The highest BCUT2D eigenvalue weighted by atomic mass is 19.4. The fourth-order valence-electron chi connectivity index (χ4n) is 4.65. The van der Waals surface area contributed by atoms with E-state index in [1.54, 1.807) is 0 Å². The van der Waals surface area contributed by atoms with Crippen LogP contribution >= 0.6 is 0 Å². The van der Waals surface area contributed by atoms with E-state index in [0.717, 1.165) is 48.5 Å². The van der Waals surface area contributed by atoms with Gasteiger partial charge in [0.15, 0.2) is 0 Å². The van der Waals surface area contributed by atoms with Gasteiger partial charge in [0.1, 0.15) is 5.41 Å². The van der Waals surface area contributed by atoms with Crippen molar-refractivity contribution >= 4 is 17.9 Å². The molecule has 6 nitrogen and oxygen atoms in total. The van der Waals surface area contributed by atoms with Crippen LogP contribution in [0.15, 0.2) is 60.7 Å². The minimum Gasteiger partial charge on any atom is -0.428 e. The summed E-state index contributed by atoms with van der Waals surface area (Å²) in [5, 5.41) is 9.85. The van der Waals surface area contributed by atoms with E-state index >= 15 is 13.2 Å². The number of alkyl halides is 6. The third-order valence-electron chi connectivity index (χ3n) is 6.32. The van der Waals surface area contributed by atoms with E-state index in [2.05, 4.69) is 9.47 Å². The summed E-state index contributed by atoms with van der Waals surface area (Å²) >= 11 is 0. The van der Waals surface area contributed by atoms with Crippen molar-refractivity contribution in [1.82, 2.24) is 0 Å². The van der Waals surface area contributed by atoms with Crippen LogP contribution in [0.3, 0.4) is 0 Å². The van der Waals surface area contributed by atoms with Gasteiger partial charge in [-0.15, -0.1) is 0 Å². The smallest absolute Gasteiger partial charge is 0.416 e. The Morgan fingerprint density at radius 1 is 0.649 bits per heavy atom. The number of benzene rings is 3. The predicted octanol–water partition coefficient (Wildman–Crippen LogP) is 5.07. The summed E-state index contributed by atoms with van der Waals surface area (Å²) < 4.78 is 95.5. The van der Waals surface area contributed by atoms with Crippen LogP contribution in [0.2, 0.25) is 0 Å². The molecule has 2 aliphatic rings. The Kier molecular flexibility index (Phi) is 5.23. The molecule has 5 rings (SSSR count). The van der Waals surface area contributed by atoms with Crippen LogP contribution in [0.5, 0.6) is 0 Å².